The van der Waals surface area contributed by atoms with E-state index in [-0.39, 0.29) is 0 Å². The van der Waals surface area contributed by atoms with Gasteiger partial charge in [-0.25, -0.2) is 0 Å². The molecule has 0 spiro atoms. The normalized spacial score (nSPS) is 9.83. The molecule has 0 aromatic heterocycles. The van der Waals surface area contributed by atoms with Crippen LogP contribution in [0.3, 0.4) is 0 Å². The standard InChI is InChI=1S/C12H12NOP.C3H4/c13-15(14,11-7-3-1-4-8-11)12-9-5-2-6-10-12;1-3-2/h1-10H,(H2,13,14);1H,2H3. The average Bonchev–Trinajstić information content (AvgIpc) is 2.42. The van der Waals surface area contributed by atoms with Gasteiger partial charge >= 0.3 is 0 Å². The second kappa shape index (κ2) is 6.81. The Hall–Kier alpha value is -1.81. The molecule has 0 bridgehead atoms. The Morgan fingerprint density at radius 1 is 0.944 bits per heavy atom. The van der Waals surface area contributed by atoms with Gasteiger partial charge in [-0.15, -0.1) is 12.3 Å². The fraction of sp³-hybridized carbons (Fsp3) is 0.0667. The van der Waals surface area contributed by atoms with Crippen LogP contribution in [0.1, 0.15) is 6.92 Å². The maximum Gasteiger partial charge on any atom is 0.202 e. The van der Waals surface area contributed by atoms with E-state index >= 15 is 0 Å². The summed E-state index contributed by atoms with van der Waals surface area (Å²) in [6.45, 7) is 1.65. The number of hydrogen-bond acceptors (Lipinski definition) is 1. The summed E-state index contributed by atoms with van der Waals surface area (Å²) in [5.41, 5.74) is 5.91. The zero-order chi connectivity index (χ0) is 13.4. The molecule has 2 aromatic carbocycles. The molecule has 0 saturated carbocycles. The third kappa shape index (κ3) is 3.60. The number of hydrogen-bond donors (Lipinski definition) is 1. The van der Waals surface area contributed by atoms with Crippen LogP contribution in [0.4, 0.5) is 0 Å². The van der Waals surface area contributed by atoms with E-state index in [0.717, 1.165) is 0 Å². The first-order valence-electron chi connectivity index (χ1n) is 5.50. The second-order valence-corrected chi connectivity index (χ2v) is 5.97. The van der Waals surface area contributed by atoms with Gasteiger partial charge in [0.05, 0.1) is 0 Å². The highest BCUT2D eigenvalue weighted by molar-refractivity contribution is 7.76. The zero-order valence-corrected chi connectivity index (χ0v) is 11.2. The number of nitrogens with two attached hydrogens (primary N) is 1. The molecule has 0 atom stereocenters. The van der Waals surface area contributed by atoms with E-state index < -0.39 is 7.29 Å². The summed E-state index contributed by atoms with van der Waals surface area (Å²) in [6.07, 6.45) is 4.60. The molecule has 18 heavy (non-hydrogen) atoms. The minimum atomic E-state index is -2.90. The van der Waals surface area contributed by atoms with Crippen molar-refractivity contribution in [3.8, 4) is 12.3 Å². The Kier molecular flexibility index (Phi) is 5.39. The van der Waals surface area contributed by atoms with Gasteiger partial charge in [0.2, 0.25) is 7.29 Å². The predicted molar refractivity (Wildman–Crippen MR) is 78.5 cm³/mol. The second-order valence-electron chi connectivity index (χ2n) is 3.62. The Bertz CT molecular complexity index is 515. The quantitative estimate of drug-likeness (QED) is 0.663. The molecule has 92 valence electrons. The van der Waals surface area contributed by atoms with Gasteiger partial charge in [-0.05, 0) is 31.2 Å². The SMILES string of the molecule is C#CC.NP(=O)(c1ccccc1)c1ccccc1. The molecular formula is C15H16NOP. The summed E-state index contributed by atoms with van der Waals surface area (Å²) >= 11 is 0. The first-order valence-corrected chi connectivity index (χ1v) is 7.27. The van der Waals surface area contributed by atoms with Crippen molar-refractivity contribution in [2.75, 3.05) is 0 Å². The molecule has 0 aliphatic heterocycles. The van der Waals surface area contributed by atoms with Crippen LogP contribution in [0, 0.1) is 12.3 Å². The smallest absolute Gasteiger partial charge is 0.202 e. The van der Waals surface area contributed by atoms with Crippen molar-refractivity contribution < 1.29 is 4.57 Å². The van der Waals surface area contributed by atoms with Crippen LogP contribution >= 0.6 is 7.29 Å². The molecule has 0 aliphatic rings. The van der Waals surface area contributed by atoms with Crippen molar-refractivity contribution in [2.45, 2.75) is 6.92 Å². The molecule has 2 nitrogen and oxygen atoms in total. The molecule has 0 fully saturated rings. The van der Waals surface area contributed by atoms with Crippen molar-refractivity contribution in [2.24, 2.45) is 5.50 Å². The zero-order valence-electron chi connectivity index (χ0n) is 10.3. The lowest BCUT2D eigenvalue weighted by molar-refractivity contribution is 0.588. The summed E-state index contributed by atoms with van der Waals surface area (Å²) in [5.74, 6) is 2.25. The summed E-state index contributed by atoms with van der Waals surface area (Å²) < 4.78 is 12.4. The van der Waals surface area contributed by atoms with Gasteiger partial charge in [0.1, 0.15) is 0 Å². The van der Waals surface area contributed by atoms with Crippen LogP contribution in [0.25, 0.3) is 0 Å². The van der Waals surface area contributed by atoms with Gasteiger partial charge in [0, 0.05) is 10.6 Å². The topological polar surface area (TPSA) is 43.1 Å². The molecule has 2 rings (SSSR count). The maximum absolute atomic E-state index is 12.4. The largest absolute Gasteiger partial charge is 0.297 e. The summed E-state index contributed by atoms with van der Waals surface area (Å²) in [4.78, 5) is 0. The highest BCUT2D eigenvalue weighted by Crippen LogP contribution is 2.33. The first-order chi connectivity index (χ1) is 8.62. The maximum atomic E-state index is 12.4. The van der Waals surface area contributed by atoms with E-state index in [1.807, 2.05) is 36.4 Å². The molecule has 2 aromatic rings. The van der Waals surface area contributed by atoms with Gasteiger partial charge in [0.15, 0.2) is 0 Å². The molecule has 0 unspecified atom stereocenters. The minimum absolute atomic E-state index is 0.691. The van der Waals surface area contributed by atoms with Gasteiger partial charge in [-0.1, -0.05) is 36.4 Å². The molecule has 0 heterocycles. The van der Waals surface area contributed by atoms with Gasteiger partial charge in [0.25, 0.3) is 0 Å². The minimum Gasteiger partial charge on any atom is -0.297 e. The lowest BCUT2D eigenvalue weighted by Crippen LogP contribution is -2.21. The predicted octanol–water partition coefficient (Wildman–Crippen LogP) is 2.51. The van der Waals surface area contributed by atoms with Gasteiger partial charge < -0.3 is 0 Å². The van der Waals surface area contributed by atoms with E-state index in [4.69, 9.17) is 5.50 Å². The molecule has 0 aliphatic carbocycles. The third-order valence-electron chi connectivity index (χ3n) is 2.28. The first kappa shape index (κ1) is 14.3. The Morgan fingerprint density at radius 2 is 1.22 bits per heavy atom. The van der Waals surface area contributed by atoms with E-state index in [0.29, 0.717) is 10.6 Å². The lowest BCUT2D eigenvalue weighted by Gasteiger charge is -2.12. The van der Waals surface area contributed by atoms with E-state index in [1.165, 1.54) is 0 Å². The average molecular weight is 257 g/mol. The van der Waals surface area contributed by atoms with Crippen LogP contribution < -0.4 is 16.1 Å². The molecule has 0 radical (unpaired) electrons. The monoisotopic (exact) mass is 257 g/mol. The number of benzene rings is 2. The molecular weight excluding hydrogens is 241 g/mol. The summed E-state index contributed by atoms with van der Waals surface area (Å²) in [6, 6.07) is 18.3. The van der Waals surface area contributed by atoms with Crippen molar-refractivity contribution in [1.82, 2.24) is 0 Å². The van der Waals surface area contributed by atoms with Crippen LogP contribution in [-0.4, -0.2) is 0 Å². The Morgan fingerprint density at radius 3 is 1.50 bits per heavy atom. The molecule has 0 amide bonds. The fourth-order valence-corrected chi connectivity index (χ4v) is 2.98. The van der Waals surface area contributed by atoms with Gasteiger partial charge in [-0.2, -0.15) is 0 Å². The van der Waals surface area contributed by atoms with Crippen LogP contribution in [0.15, 0.2) is 60.7 Å². The Balaban J connectivity index is 0.000000492. The van der Waals surface area contributed by atoms with Crippen molar-refractivity contribution >= 4 is 17.9 Å². The lowest BCUT2D eigenvalue weighted by atomic mass is 10.4. The summed E-state index contributed by atoms with van der Waals surface area (Å²) in [7, 11) is -2.90. The number of terminal acetylenes is 1. The van der Waals surface area contributed by atoms with Crippen molar-refractivity contribution in [3.05, 3.63) is 60.7 Å². The highest BCUT2D eigenvalue weighted by Gasteiger charge is 2.20. The molecule has 3 heteroatoms. The van der Waals surface area contributed by atoms with E-state index in [1.54, 1.807) is 31.2 Å². The van der Waals surface area contributed by atoms with E-state index in [9.17, 15) is 4.57 Å². The fourth-order valence-electron chi connectivity index (χ4n) is 1.45. The third-order valence-corrected chi connectivity index (χ3v) is 4.41. The summed E-state index contributed by atoms with van der Waals surface area (Å²) in [5, 5.41) is 1.38. The number of rotatable bonds is 2. The molecule has 0 saturated heterocycles. The van der Waals surface area contributed by atoms with Crippen molar-refractivity contribution in [3.63, 3.8) is 0 Å². The molecule has 2 N–H and O–H groups in total. The highest BCUT2D eigenvalue weighted by atomic mass is 31.2. The van der Waals surface area contributed by atoms with E-state index in [2.05, 4.69) is 12.3 Å². The van der Waals surface area contributed by atoms with Gasteiger partial charge in [-0.3, -0.25) is 10.1 Å². The van der Waals surface area contributed by atoms with Crippen LogP contribution in [-0.2, 0) is 4.57 Å². The Labute approximate surface area is 108 Å². The van der Waals surface area contributed by atoms with Crippen LogP contribution in [0.5, 0.6) is 0 Å². The van der Waals surface area contributed by atoms with Crippen molar-refractivity contribution in [1.29, 1.82) is 0 Å². The van der Waals surface area contributed by atoms with Crippen LogP contribution in [0.2, 0.25) is 0 Å².